The van der Waals surface area contributed by atoms with Crippen LogP contribution in [-0.2, 0) is 6.54 Å². The second-order valence-corrected chi connectivity index (χ2v) is 4.90. The van der Waals surface area contributed by atoms with Gasteiger partial charge in [0.05, 0.1) is 5.56 Å². The van der Waals surface area contributed by atoms with Crippen molar-refractivity contribution in [2.24, 2.45) is 5.73 Å². The molecule has 0 aliphatic carbocycles. The minimum Gasteiger partial charge on any atom is -0.349 e. The Morgan fingerprint density at radius 1 is 1.40 bits per heavy atom. The van der Waals surface area contributed by atoms with E-state index in [0.717, 1.165) is 18.4 Å². The molecule has 0 bridgehead atoms. The molecule has 0 aliphatic heterocycles. The van der Waals surface area contributed by atoms with Gasteiger partial charge in [0.25, 0.3) is 0 Å². The van der Waals surface area contributed by atoms with Gasteiger partial charge in [-0.3, -0.25) is 0 Å². The van der Waals surface area contributed by atoms with Crippen LogP contribution in [0.2, 0.25) is 0 Å². The maximum atomic E-state index is 14.0. The van der Waals surface area contributed by atoms with Crippen molar-refractivity contribution in [3.63, 3.8) is 0 Å². The van der Waals surface area contributed by atoms with Crippen LogP contribution in [0.15, 0.2) is 36.7 Å². The molecule has 0 saturated heterocycles. The highest BCUT2D eigenvalue weighted by atomic mass is 19.1. The zero-order chi connectivity index (χ0) is 14.5. The Morgan fingerprint density at radius 2 is 2.20 bits per heavy atom. The first-order valence-corrected chi connectivity index (χ1v) is 6.74. The monoisotopic (exact) mass is 271 g/mol. The first kappa shape index (κ1) is 14.3. The number of benzene rings is 1. The van der Waals surface area contributed by atoms with Crippen LogP contribution in [-0.4, -0.2) is 4.57 Å². The molecule has 0 amide bonds. The maximum absolute atomic E-state index is 14.0. The van der Waals surface area contributed by atoms with Crippen molar-refractivity contribution in [1.82, 2.24) is 4.57 Å². The van der Waals surface area contributed by atoms with Gasteiger partial charge in [-0.1, -0.05) is 25.5 Å². The van der Waals surface area contributed by atoms with Crippen LogP contribution in [0.4, 0.5) is 4.39 Å². The van der Waals surface area contributed by atoms with Gasteiger partial charge in [-0.05, 0) is 24.1 Å². The second kappa shape index (κ2) is 6.36. The Labute approximate surface area is 118 Å². The molecule has 104 valence electrons. The highest BCUT2D eigenvalue weighted by Gasteiger charge is 2.10. The lowest BCUT2D eigenvalue weighted by Gasteiger charge is -2.08. The van der Waals surface area contributed by atoms with Crippen molar-refractivity contribution in [2.75, 3.05) is 0 Å². The van der Waals surface area contributed by atoms with E-state index in [-0.39, 0.29) is 11.6 Å². The van der Waals surface area contributed by atoms with E-state index >= 15 is 0 Å². The van der Waals surface area contributed by atoms with Crippen molar-refractivity contribution in [3.8, 4) is 6.07 Å². The van der Waals surface area contributed by atoms with Gasteiger partial charge in [0.1, 0.15) is 11.9 Å². The lowest BCUT2D eigenvalue weighted by atomic mass is 10.1. The van der Waals surface area contributed by atoms with Crippen LogP contribution in [0.1, 0.15) is 42.5 Å². The Kier molecular flexibility index (Phi) is 4.54. The fraction of sp³-hybridized carbons (Fsp3) is 0.312. The number of aromatic nitrogens is 1. The summed E-state index contributed by atoms with van der Waals surface area (Å²) >= 11 is 0. The fourth-order valence-electron chi connectivity index (χ4n) is 2.24. The molecule has 0 aliphatic rings. The SMILES string of the molecule is CCCC(N)c1ccn(Cc2cccc(C#N)c2F)c1. The van der Waals surface area contributed by atoms with Crippen molar-refractivity contribution < 1.29 is 4.39 Å². The minimum absolute atomic E-state index is 0.0246. The predicted molar refractivity (Wildman–Crippen MR) is 76.5 cm³/mol. The molecule has 1 aromatic heterocycles. The number of nitriles is 1. The van der Waals surface area contributed by atoms with E-state index in [1.54, 1.807) is 12.1 Å². The molecule has 0 fully saturated rings. The molecule has 1 atom stereocenters. The van der Waals surface area contributed by atoms with Crippen molar-refractivity contribution in [3.05, 3.63) is 59.2 Å². The molecular formula is C16H18FN3. The molecular weight excluding hydrogens is 253 g/mol. The van der Waals surface area contributed by atoms with Crippen LogP contribution >= 0.6 is 0 Å². The van der Waals surface area contributed by atoms with E-state index < -0.39 is 5.82 Å². The summed E-state index contributed by atoms with van der Waals surface area (Å²) in [7, 11) is 0. The van der Waals surface area contributed by atoms with Crippen molar-refractivity contribution in [2.45, 2.75) is 32.4 Å². The van der Waals surface area contributed by atoms with Crippen LogP contribution in [0, 0.1) is 17.1 Å². The molecule has 0 radical (unpaired) electrons. The lowest BCUT2D eigenvalue weighted by Crippen LogP contribution is -2.09. The molecule has 20 heavy (non-hydrogen) atoms. The minimum atomic E-state index is -0.442. The van der Waals surface area contributed by atoms with Gasteiger partial charge in [-0.25, -0.2) is 4.39 Å². The van der Waals surface area contributed by atoms with E-state index in [1.165, 1.54) is 6.07 Å². The zero-order valence-corrected chi connectivity index (χ0v) is 11.5. The number of hydrogen-bond acceptors (Lipinski definition) is 2. The van der Waals surface area contributed by atoms with Gasteiger partial charge in [0.15, 0.2) is 0 Å². The summed E-state index contributed by atoms with van der Waals surface area (Å²) in [5.41, 5.74) is 7.71. The maximum Gasteiger partial charge on any atom is 0.145 e. The molecule has 1 aromatic carbocycles. The van der Waals surface area contributed by atoms with E-state index in [9.17, 15) is 4.39 Å². The van der Waals surface area contributed by atoms with E-state index in [1.807, 2.05) is 29.1 Å². The molecule has 0 saturated carbocycles. The molecule has 2 aromatic rings. The van der Waals surface area contributed by atoms with Crippen molar-refractivity contribution in [1.29, 1.82) is 5.26 Å². The van der Waals surface area contributed by atoms with Crippen LogP contribution in [0.25, 0.3) is 0 Å². The average Bonchev–Trinajstić information content (AvgIpc) is 2.90. The van der Waals surface area contributed by atoms with Crippen molar-refractivity contribution >= 4 is 0 Å². The Bertz CT molecular complexity index is 625. The molecule has 0 spiro atoms. The predicted octanol–water partition coefficient (Wildman–Crippen LogP) is 3.35. The molecule has 3 nitrogen and oxygen atoms in total. The van der Waals surface area contributed by atoms with Gasteiger partial charge in [-0.15, -0.1) is 0 Å². The summed E-state index contributed by atoms with van der Waals surface area (Å²) in [5.74, 6) is -0.442. The zero-order valence-electron chi connectivity index (χ0n) is 11.5. The highest BCUT2D eigenvalue weighted by molar-refractivity contribution is 5.35. The number of hydrogen-bond donors (Lipinski definition) is 1. The Balaban J connectivity index is 2.17. The number of rotatable bonds is 5. The summed E-state index contributed by atoms with van der Waals surface area (Å²) in [5, 5.41) is 8.83. The number of nitrogens with zero attached hydrogens (tertiary/aromatic N) is 2. The Morgan fingerprint density at radius 3 is 2.90 bits per heavy atom. The van der Waals surface area contributed by atoms with Gasteiger partial charge < -0.3 is 10.3 Å². The lowest BCUT2D eigenvalue weighted by molar-refractivity contribution is 0.595. The van der Waals surface area contributed by atoms with Gasteiger partial charge in [0.2, 0.25) is 0 Å². The average molecular weight is 271 g/mol. The third-order valence-electron chi connectivity index (χ3n) is 3.35. The quantitative estimate of drug-likeness (QED) is 0.906. The molecule has 4 heteroatoms. The molecule has 1 unspecified atom stereocenters. The number of halogens is 1. The summed E-state index contributed by atoms with van der Waals surface area (Å²) in [4.78, 5) is 0. The summed E-state index contributed by atoms with van der Waals surface area (Å²) < 4.78 is 15.9. The summed E-state index contributed by atoms with van der Waals surface area (Å²) in [6, 6.07) is 8.72. The van der Waals surface area contributed by atoms with Crippen LogP contribution in [0.3, 0.4) is 0 Å². The standard InChI is InChI=1S/C16H18FN3/c1-2-4-15(19)13-7-8-20(10-13)11-14-6-3-5-12(9-18)16(14)17/h3,5-8,10,15H,2,4,11,19H2,1H3. The molecule has 1 heterocycles. The highest BCUT2D eigenvalue weighted by Crippen LogP contribution is 2.18. The van der Waals surface area contributed by atoms with Crippen LogP contribution in [0.5, 0.6) is 0 Å². The van der Waals surface area contributed by atoms with Gasteiger partial charge in [-0.2, -0.15) is 5.26 Å². The largest absolute Gasteiger partial charge is 0.349 e. The smallest absolute Gasteiger partial charge is 0.145 e. The second-order valence-electron chi connectivity index (χ2n) is 4.90. The third-order valence-corrected chi connectivity index (χ3v) is 3.35. The molecule has 2 rings (SSSR count). The topological polar surface area (TPSA) is 54.7 Å². The third kappa shape index (κ3) is 3.06. The van der Waals surface area contributed by atoms with E-state index in [4.69, 9.17) is 11.0 Å². The summed E-state index contributed by atoms with van der Waals surface area (Å²) in [6.45, 7) is 2.50. The van der Waals surface area contributed by atoms with E-state index in [2.05, 4.69) is 6.92 Å². The van der Waals surface area contributed by atoms with E-state index in [0.29, 0.717) is 12.1 Å². The van der Waals surface area contributed by atoms with Gasteiger partial charge >= 0.3 is 0 Å². The normalized spacial score (nSPS) is 12.1. The first-order chi connectivity index (χ1) is 9.65. The fourth-order valence-corrected chi connectivity index (χ4v) is 2.24. The molecule has 2 N–H and O–H groups in total. The Hall–Kier alpha value is -2.12. The van der Waals surface area contributed by atoms with Gasteiger partial charge in [0, 0.05) is 30.5 Å². The van der Waals surface area contributed by atoms with Crippen LogP contribution < -0.4 is 5.73 Å². The number of nitrogens with two attached hydrogens (primary N) is 1. The summed E-state index contributed by atoms with van der Waals surface area (Å²) in [6.07, 6.45) is 5.80. The first-order valence-electron chi connectivity index (χ1n) is 6.74.